The van der Waals surface area contributed by atoms with Gasteiger partial charge in [-0.05, 0) is 42.5 Å². The zero-order chi connectivity index (χ0) is 15.7. The Hall–Kier alpha value is -2.82. The predicted molar refractivity (Wildman–Crippen MR) is 86.4 cm³/mol. The van der Waals surface area contributed by atoms with Crippen LogP contribution in [0.4, 0.5) is 5.69 Å². The lowest BCUT2D eigenvalue weighted by molar-refractivity contribution is 0.0993. The minimum atomic E-state index is -0.0714. The second-order valence-electron chi connectivity index (χ2n) is 5.12. The van der Waals surface area contributed by atoms with Crippen molar-refractivity contribution >= 4 is 22.6 Å². The molecule has 22 heavy (non-hydrogen) atoms. The minimum absolute atomic E-state index is 0.0714. The van der Waals surface area contributed by atoms with E-state index < -0.39 is 0 Å². The molecular formula is C17H17N3O2. The fraction of sp³-hybridized carbons (Fsp3) is 0.176. The Kier molecular flexibility index (Phi) is 3.55. The summed E-state index contributed by atoms with van der Waals surface area (Å²) in [6.45, 7) is 0. The van der Waals surface area contributed by atoms with Crippen LogP contribution in [-0.4, -0.2) is 29.6 Å². The minimum Gasteiger partial charge on any atom is -0.497 e. The number of rotatable bonds is 3. The van der Waals surface area contributed by atoms with Crippen LogP contribution in [0.2, 0.25) is 0 Å². The van der Waals surface area contributed by atoms with Crippen molar-refractivity contribution in [2.24, 2.45) is 7.05 Å². The van der Waals surface area contributed by atoms with Gasteiger partial charge in [0.15, 0.2) is 0 Å². The number of anilines is 1. The Labute approximate surface area is 128 Å². The van der Waals surface area contributed by atoms with Gasteiger partial charge in [0, 0.05) is 25.3 Å². The van der Waals surface area contributed by atoms with Gasteiger partial charge in [-0.1, -0.05) is 0 Å². The Balaban J connectivity index is 1.89. The van der Waals surface area contributed by atoms with E-state index in [-0.39, 0.29) is 5.91 Å². The molecule has 1 heterocycles. The van der Waals surface area contributed by atoms with Gasteiger partial charge in [-0.15, -0.1) is 0 Å². The number of aromatic nitrogens is 2. The number of benzene rings is 2. The molecule has 0 bridgehead atoms. The summed E-state index contributed by atoms with van der Waals surface area (Å²) in [5.41, 5.74) is 3.33. The molecular weight excluding hydrogens is 278 g/mol. The van der Waals surface area contributed by atoms with Crippen molar-refractivity contribution in [3.05, 3.63) is 54.4 Å². The number of aryl methyl sites for hydroxylation is 1. The van der Waals surface area contributed by atoms with Gasteiger partial charge >= 0.3 is 0 Å². The maximum Gasteiger partial charge on any atom is 0.258 e. The maximum absolute atomic E-state index is 12.5. The quantitative estimate of drug-likeness (QED) is 0.746. The van der Waals surface area contributed by atoms with Crippen LogP contribution in [-0.2, 0) is 7.05 Å². The molecule has 1 aromatic heterocycles. The van der Waals surface area contributed by atoms with Crippen molar-refractivity contribution in [1.29, 1.82) is 0 Å². The Morgan fingerprint density at radius 2 is 1.91 bits per heavy atom. The summed E-state index contributed by atoms with van der Waals surface area (Å²) in [4.78, 5) is 18.5. The second-order valence-corrected chi connectivity index (χ2v) is 5.12. The average Bonchev–Trinajstić information content (AvgIpc) is 2.94. The second kappa shape index (κ2) is 5.52. The molecule has 0 unspecified atom stereocenters. The van der Waals surface area contributed by atoms with Crippen LogP contribution in [0, 0.1) is 0 Å². The highest BCUT2D eigenvalue weighted by molar-refractivity contribution is 6.06. The molecule has 0 atom stereocenters. The molecule has 0 aliphatic carbocycles. The van der Waals surface area contributed by atoms with Crippen LogP contribution in [0.1, 0.15) is 10.4 Å². The standard InChI is InChI=1S/C17H17N3O2/c1-19-11-18-15-10-13(6-9-16(15)19)20(2)17(21)12-4-7-14(22-3)8-5-12/h4-11H,1-3H3. The van der Waals surface area contributed by atoms with Gasteiger partial charge in [-0.3, -0.25) is 4.79 Å². The van der Waals surface area contributed by atoms with E-state index in [0.717, 1.165) is 22.5 Å². The van der Waals surface area contributed by atoms with Crippen LogP contribution < -0.4 is 9.64 Å². The summed E-state index contributed by atoms with van der Waals surface area (Å²) < 4.78 is 7.06. The lowest BCUT2D eigenvalue weighted by Gasteiger charge is -2.17. The first-order valence-corrected chi connectivity index (χ1v) is 6.93. The molecule has 0 aliphatic rings. The van der Waals surface area contributed by atoms with Crippen LogP contribution in [0.15, 0.2) is 48.8 Å². The topological polar surface area (TPSA) is 47.4 Å². The Bertz CT molecular complexity index is 822. The van der Waals surface area contributed by atoms with Crippen LogP contribution in [0.25, 0.3) is 11.0 Å². The number of fused-ring (bicyclic) bond motifs is 1. The number of methoxy groups -OCH3 is 1. The number of carbonyl (C=O) groups is 1. The molecule has 0 spiro atoms. The van der Waals surface area contributed by atoms with Gasteiger partial charge in [0.25, 0.3) is 5.91 Å². The molecule has 3 aromatic rings. The fourth-order valence-electron chi connectivity index (χ4n) is 2.38. The van der Waals surface area contributed by atoms with Crippen LogP contribution in [0.3, 0.4) is 0 Å². The van der Waals surface area contributed by atoms with E-state index in [1.165, 1.54) is 0 Å². The van der Waals surface area contributed by atoms with Gasteiger partial charge < -0.3 is 14.2 Å². The third-order valence-electron chi connectivity index (χ3n) is 3.74. The van der Waals surface area contributed by atoms with E-state index in [1.54, 1.807) is 49.7 Å². The zero-order valence-electron chi connectivity index (χ0n) is 12.8. The largest absolute Gasteiger partial charge is 0.497 e. The average molecular weight is 295 g/mol. The molecule has 0 saturated heterocycles. The molecule has 5 heteroatoms. The molecule has 5 nitrogen and oxygen atoms in total. The Morgan fingerprint density at radius 3 is 2.59 bits per heavy atom. The van der Waals surface area contributed by atoms with E-state index in [2.05, 4.69) is 4.98 Å². The normalized spacial score (nSPS) is 10.7. The molecule has 2 aromatic carbocycles. The van der Waals surface area contributed by atoms with E-state index in [1.807, 2.05) is 29.8 Å². The number of hydrogen-bond donors (Lipinski definition) is 0. The van der Waals surface area contributed by atoms with Crippen molar-refractivity contribution < 1.29 is 9.53 Å². The molecule has 0 saturated carbocycles. The molecule has 1 amide bonds. The number of amides is 1. The first-order chi connectivity index (χ1) is 10.6. The molecule has 0 aliphatic heterocycles. The van der Waals surface area contributed by atoms with Crippen molar-refractivity contribution in [2.45, 2.75) is 0 Å². The van der Waals surface area contributed by atoms with E-state index in [9.17, 15) is 4.79 Å². The van der Waals surface area contributed by atoms with E-state index in [4.69, 9.17) is 4.74 Å². The summed E-state index contributed by atoms with van der Waals surface area (Å²) in [5.74, 6) is 0.659. The van der Waals surface area contributed by atoms with Crippen LogP contribution >= 0.6 is 0 Å². The third-order valence-corrected chi connectivity index (χ3v) is 3.74. The van der Waals surface area contributed by atoms with E-state index >= 15 is 0 Å². The lowest BCUT2D eigenvalue weighted by atomic mass is 10.1. The highest BCUT2D eigenvalue weighted by atomic mass is 16.5. The summed E-state index contributed by atoms with van der Waals surface area (Å²) in [6, 6.07) is 12.9. The number of nitrogens with zero attached hydrogens (tertiary/aromatic N) is 3. The zero-order valence-corrected chi connectivity index (χ0v) is 12.8. The van der Waals surface area contributed by atoms with Gasteiger partial charge in [0.2, 0.25) is 0 Å². The lowest BCUT2D eigenvalue weighted by Crippen LogP contribution is -2.26. The first kappa shape index (κ1) is 14.1. The third kappa shape index (κ3) is 2.41. The number of carbonyl (C=O) groups excluding carboxylic acids is 1. The number of hydrogen-bond acceptors (Lipinski definition) is 3. The van der Waals surface area contributed by atoms with Gasteiger partial charge in [0.05, 0.1) is 24.5 Å². The summed E-state index contributed by atoms with van der Waals surface area (Å²) in [7, 11) is 5.31. The summed E-state index contributed by atoms with van der Waals surface area (Å²) in [6.07, 6.45) is 1.76. The van der Waals surface area contributed by atoms with Crippen LogP contribution in [0.5, 0.6) is 5.75 Å². The van der Waals surface area contributed by atoms with Crippen molar-refractivity contribution in [1.82, 2.24) is 9.55 Å². The van der Waals surface area contributed by atoms with Crippen molar-refractivity contribution in [3.8, 4) is 5.75 Å². The highest BCUT2D eigenvalue weighted by Gasteiger charge is 2.14. The summed E-state index contributed by atoms with van der Waals surface area (Å²) in [5, 5.41) is 0. The Morgan fingerprint density at radius 1 is 1.18 bits per heavy atom. The molecule has 0 fully saturated rings. The van der Waals surface area contributed by atoms with Crippen molar-refractivity contribution in [2.75, 3.05) is 19.1 Å². The molecule has 3 rings (SSSR count). The number of imidazole rings is 1. The molecule has 0 N–H and O–H groups in total. The van der Waals surface area contributed by atoms with Gasteiger partial charge in [-0.2, -0.15) is 0 Å². The smallest absolute Gasteiger partial charge is 0.258 e. The molecule has 0 radical (unpaired) electrons. The first-order valence-electron chi connectivity index (χ1n) is 6.93. The van der Waals surface area contributed by atoms with Crippen molar-refractivity contribution in [3.63, 3.8) is 0 Å². The van der Waals surface area contributed by atoms with Gasteiger partial charge in [-0.25, -0.2) is 4.98 Å². The van der Waals surface area contributed by atoms with Gasteiger partial charge in [0.1, 0.15) is 5.75 Å². The highest BCUT2D eigenvalue weighted by Crippen LogP contribution is 2.22. The SMILES string of the molecule is COc1ccc(C(=O)N(C)c2ccc3c(c2)ncn3C)cc1. The summed E-state index contributed by atoms with van der Waals surface area (Å²) >= 11 is 0. The molecule has 112 valence electrons. The number of ether oxygens (including phenoxy) is 1. The monoisotopic (exact) mass is 295 g/mol. The predicted octanol–water partition coefficient (Wildman–Crippen LogP) is 2.86. The van der Waals surface area contributed by atoms with E-state index in [0.29, 0.717) is 5.56 Å². The maximum atomic E-state index is 12.5. The fourth-order valence-corrected chi connectivity index (χ4v) is 2.38.